The number of unbranched alkanes of at least 4 members (excludes halogenated alkanes) is 1. The molecule has 3 rings (SSSR count). The minimum atomic E-state index is 0.236. The molecule has 3 N–H and O–H groups in total. The maximum absolute atomic E-state index is 13.0. The molecular weight excluding hydrogens is 322 g/mol. The number of nitrogen functional groups attached to an aromatic ring is 1. The van der Waals surface area contributed by atoms with Gasteiger partial charge in [-0.3, -0.25) is 4.79 Å². The van der Waals surface area contributed by atoms with Crippen molar-refractivity contribution in [1.29, 1.82) is 0 Å². The average molecular weight is 358 g/mol. The number of carbonyl (C=O) groups is 1. The van der Waals surface area contributed by atoms with Crippen LogP contribution < -0.4 is 11.1 Å². The van der Waals surface area contributed by atoms with E-state index in [9.17, 15) is 4.79 Å². The van der Waals surface area contributed by atoms with E-state index in [-0.39, 0.29) is 12.0 Å². The van der Waals surface area contributed by atoms with Crippen molar-refractivity contribution in [2.75, 3.05) is 18.8 Å². The summed E-state index contributed by atoms with van der Waals surface area (Å²) in [6.07, 6.45) is 8.95. The molecule has 2 aliphatic rings. The number of nitrogens with two attached hydrogens (primary N) is 1. The molecule has 26 heavy (non-hydrogen) atoms. The highest BCUT2D eigenvalue weighted by atomic mass is 16.2. The molecule has 0 aromatic heterocycles. The van der Waals surface area contributed by atoms with Gasteiger partial charge in [-0.15, -0.1) is 0 Å². The van der Waals surface area contributed by atoms with Crippen LogP contribution in [0.4, 0.5) is 5.69 Å². The zero-order valence-corrected chi connectivity index (χ0v) is 16.5. The molecule has 4 heteroatoms. The lowest BCUT2D eigenvalue weighted by atomic mass is 10.0. The molecule has 1 aromatic carbocycles. The van der Waals surface area contributed by atoms with Crippen molar-refractivity contribution >= 4 is 11.6 Å². The topological polar surface area (TPSA) is 58.4 Å². The second kappa shape index (κ2) is 8.90. The van der Waals surface area contributed by atoms with Crippen molar-refractivity contribution in [2.24, 2.45) is 5.92 Å². The standard InChI is InChI=1S/C22H35N3O/c1-3-4-14-25(22(26)17-8-5-6-9-17)16(2)15-24-21-13-12-18-19(21)10-7-11-20(18)23/h7,10-11,16-17,21,24H,3-6,8-9,12-15,23H2,1-2H3. The average Bonchev–Trinajstić information content (AvgIpc) is 3.31. The summed E-state index contributed by atoms with van der Waals surface area (Å²) in [5.74, 6) is 0.655. The van der Waals surface area contributed by atoms with E-state index in [4.69, 9.17) is 5.73 Å². The Labute approximate surface area is 158 Å². The van der Waals surface area contributed by atoms with Crippen molar-refractivity contribution in [3.8, 4) is 0 Å². The summed E-state index contributed by atoms with van der Waals surface area (Å²) in [7, 11) is 0. The van der Waals surface area contributed by atoms with Gasteiger partial charge in [-0.25, -0.2) is 0 Å². The molecular formula is C22H35N3O. The van der Waals surface area contributed by atoms with Crippen LogP contribution in [0.1, 0.15) is 76.0 Å². The maximum Gasteiger partial charge on any atom is 0.225 e. The second-order valence-electron chi connectivity index (χ2n) is 8.13. The van der Waals surface area contributed by atoms with Gasteiger partial charge in [0.25, 0.3) is 0 Å². The van der Waals surface area contributed by atoms with Crippen LogP contribution in [0.2, 0.25) is 0 Å². The van der Waals surface area contributed by atoms with Crippen LogP contribution in [0.15, 0.2) is 18.2 Å². The third-order valence-corrected chi connectivity index (χ3v) is 6.24. The fourth-order valence-corrected chi connectivity index (χ4v) is 4.60. The Morgan fingerprint density at radius 2 is 2.08 bits per heavy atom. The lowest BCUT2D eigenvalue weighted by Crippen LogP contribution is -2.47. The molecule has 0 saturated heterocycles. The highest BCUT2D eigenvalue weighted by Gasteiger charge is 2.30. The Balaban J connectivity index is 1.60. The molecule has 1 saturated carbocycles. The molecule has 0 bridgehead atoms. The van der Waals surface area contributed by atoms with Gasteiger partial charge in [0, 0.05) is 36.8 Å². The van der Waals surface area contributed by atoms with Gasteiger partial charge in [-0.05, 0) is 56.2 Å². The van der Waals surface area contributed by atoms with Gasteiger partial charge >= 0.3 is 0 Å². The number of rotatable bonds is 8. The Morgan fingerprint density at radius 1 is 1.31 bits per heavy atom. The second-order valence-corrected chi connectivity index (χ2v) is 8.13. The Hall–Kier alpha value is -1.55. The minimum Gasteiger partial charge on any atom is -0.398 e. The van der Waals surface area contributed by atoms with Crippen molar-refractivity contribution in [3.05, 3.63) is 29.3 Å². The summed E-state index contributed by atoms with van der Waals surface area (Å²) in [6, 6.07) is 6.84. The number of nitrogens with zero attached hydrogens (tertiary/aromatic N) is 1. The minimum absolute atomic E-state index is 0.236. The predicted molar refractivity (Wildman–Crippen MR) is 108 cm³/mol. The molecule has 4 nitrogen and oxygen atoms in total. The summed E-state index contributed by atoms with van der Waals surface area (Å²) in [4.78, 5) is 15.2. The van der Waals surface area contributed by atoms with Crippen molar-refractivity contribution in [2.45, 2.75) is 77.3 Å². The first-order valence-corrected chi connectivity index (χ1v) is 10.5. The van der Waals surface area contributed by atoms with Crippen LogP contribution >= 0.6 is 0 Å². The first-order valence-electron chi connectivity index (χ1n) is 10.5. The summed E-state index contributed by atoms with van der Waals surface area (Å²) in [5.41, 5.74) is 9.69. The number of hydrogen-bond donors (Lipinski definition) is 2. The third kappa shape index (κ3) is 4.22. The lowest BCUT2D eigenvalue weighted by Gasteiger charge is -2.32. The van der Waals surface area contributed by atoms with Gasteiger partial charge in [0.15, 0.2) is 0 Å². The molecule has 144 valence electrons. The SMILES string of the molecule is CCCCN(C(=O)C1CCCC1)C(C)CNC1CCc2c(N)cccc21. The van der Waals surface area contributed by atoms with Crippen molar-refractivity contribution in [3.63, 3.8) is 0 Å². The smallest absolute Gasteiger partial charge is 0.225 e. The van der Waals surface area contributed by atoms with E-state index in [1.54, 1.807) is 0 Å². The summed E-state index contributed by atoms with van der Waals surface area (Å²) >= 11 is 0. The fraction of sp³-hybridized carbons (Fsp3) is 0.682. The number of hydrogen-bond acceptors (Lipinski definition) is 3. The van der Waals surface area contributed by atoms with Gasteiger partial charge in [0.2, 0.25) is 5.91 Å². The van der Waals surface area contributed by atoms with Gasteiger partial charge in [-0.2, -0.15) is 0 Å². The monoisotopic (exact) mass is 357 g/mol. The normalized spacial score (nSPS) is 20.9. The van der Waals surface area contributed by atoms with Crippen molar-refractivity contribution < 1.29 is 4.79 Å². The zero-order chi connectivity index (χ0) is 18.5. The molecule has 0 spiro atoms. The molecule has 1 fully saturated rings. The van der Waals surface area contributed by atoms with E-state index in [0.717, 1.165) is 57.3 Å². The lowest BCUT2D eigenvalue weighted by molar-refractivity contribution is -0.137. The first-order chi connectivity index (χ1) is 12.6. The van der Waals surface area contributed by atoms with Gasteiger partial charge < -0.3 is 16.0 Å². The highest BCUT2D eigenvalue weighted by Crippen LogP contribution is 2.34. The molecule has 2 atom stereocenters. The van der Waals surface area contributed by atoms with E-state index in [2.05, 4.69) is 36.2 Å². The summed E-state index contributed by atoms with van der Waals surface area (Å²) < 4.78 is 0. The van der Waals surface area contributed by atoms with E-state index < -0.39 is 0 Å². The molecule has 2 unspecified atom stereocenters. The number of fused-ring (bicyclic) bond motifs is 1. The molecule has 1 aromatic rings. The van der Waals surface area contributed by atoms with Gasteiger partial charge in [0.05, 0.1) is 0 Å². The Kier molecular flexibility index (Phi) is 6.58. The van der Waals surface area contributed by atoms with Crippen LogP contribution in [-0.4, -0.2) is 29.9 Å². The van der Waals surface area contributed by atoms with Crippen molar-refractivity contribution in [1.82, 2.24) is 10.2 Å². The number of benzene rings is 1. The van der Waals surface area contributed by atoms with Crippen LogP contribution in [-0.2, 0) is 11.2 Å². The highest BCUT2D eigenvalue weighted by molar-refractivity contribution is 5.79. The quantitative estimate of drug-likeness (QED) is 0.690. The first kappa shape index (κ1) is 19.2. The maximum atomic E-state index is 13.0. The number of amides is 1. The van der Waals surface area contributed by atoms with E-state index in [0.29, 0.717) is 11.9 Å². The van der Waals surface area contributed by atoms with E-state index in [1.165, 1.54) is 24.0 Å². The van der Waals surface area contributed by atoms with Gasteiger partial charge in [0.1, 0.15) is 0 Å². The summed E-state index contributed by atoms with van der Waals surface area (Å²) in [5, 5.41) is 3.72. The molecule has 0 heterocycles. The van der Waals surface area contributed by atoms with Crippen LogP contribution in [0.3, 0.4) is 0 Å². The van der Waals surface area contributed by atoms with Crippen LogP contribution in [0, 0.1) is 5.92 Å². The van der Waals surface area contributed by atoms with Gasteiger partial charge in [-0.1, -0.05) is 38.3 Å². The molecule has 0 radical (unpaired) electrons. The predicted octanol–water partition coefficient (Wildman–Crippen LogP) is 4.05. The largest absolute Gasteiger partial charge is 0.398 e. The summed E-state index contributed by atoms with van der Waals surface area (Å²) in [6.45, 7) is 6.13. The number of anilines is 1. The zero-order valence-electron chi connectivity index (χ0n) is 16.5. The Bertz CT molecular complexity index is 609. The number of carbonyl (C=O) groups excluding carboxylic acids is 1. The third-order valence-electron chi connectivity index (χ3n) is 6.24. The molecule has 2 aliphatic carbocycles. The fourth-order valence-electron chi connectivity index (χ4n) is 4.60. The van der Waals surface area contributed by atoms with E-state index >= 15 is 0 Å². The van der Waals surface area contributed by atoms with Crippen LogP contribution in [0.25, 0.3) is 0 Å². The molecule has 0 aliphatic heterocycles. The van der Waals surface area contributed by atoms with Crippen LogP contribution in [0.5, 0.6) is 0 Å². The Morgan fingerprint density at radius 3 is 2.81 bits per heavy atom. The molecule has 1 amide bonds. The van der Waals surface area contributed by atoms with E-state index in [1.807, 2.05) is 6.07 Å². The number of nitrogens with one attached hydrogen (secondary N) is 1.